The van der Waals surface area contributed by atoms with Crippen LogP contribution in [0.1, 0.15) is 18.7 Å². The Labute approximate surface area is 207 Å². The van der Waals surface area contributed by atoms with E-state index in [1.807, 2.05) is 55.5 Å². The molecule has 3 heterocycles. The van der Waals surface area contributed by atoms with E-state index < -0.39 is 0 Å². The number of furan rings is 1. The number of nitrogens with zero attached hydrogens (tertiary/aromatic N) is 3. The van der Waals surface area contributed by atoms with Crippen LogP contribution in [-0.2, 0) is 4.79 Å². The molecule has 0 bridgehead atoms. The van der Waals surface area contributed by atoms with Crippen molar-refractivity contribution in [3.05, 3.63) is 84.4 Å². The fourth-order valence-corrected chi connectivity index (χ4v) is 4.95. The maximum Gasteiger partial charge on any atom is 0.224 e. The maximum atomic E-state index is 13.2. The summed E-state index contributed by atoms with van der Waals surface area (Å²) < 4.78 is 19.3. The summed E-state index contributed by atoms with van der Waals surface area (Å²) in [5.74, 6) is 1.45. The first-order valence-corrected chi connectivity index (χ1v) is 12.1. The van der Waals surface area contributed by atoms with Gasteiger partial charge in [-0.15, -0.1) is 0 Å². The molecule has 1 N–H and O–H groups in total. The number of carbonyl (C=O) groups excluding carboxylic acids is 1. The summed E-state index contributed by atoms with van der Waals surface area (Å²) in [6.45, 7) is 3.44. The number of hydrogen-bond donors (Lipinski definition) is 1. The molecule has 3 aromatic carbocycles. The van der Waals surface area contributed by atoms with E-state index in [4.69, 9.17) is 9.40 Å². The number of para-hydroxylation sites is 1. The molecule has 7 heteroatoms. The topological polar surface area (TPSA) is 71.3 Å². The predicted octanol–water partition coefficient (Wildman–Crippen LogP) is 6.35. The van der Waals surface area contributed by atoms with Crippen LogP contribution in [0.5, 0.6) is 0 Å². The number of aromatic nitrogens is 2. The molecule has 36 heavy (non-hydrogen) atoms. The number of halogens is 1. The Morgan fingerprint density at radius 3 is 2.53 bits per heavy atom. The van der Waals surface area contributed by atoms with Crippen LogP contribution >= 0.6 is 0 Å². The monoisotopic (exact) mass is 480 g/mol. The highest BCUT2D eigenvalue weighted by Crippen LogP contribution is 2.35. The molecule has 180 valence electrons. The summed E-state index contributed by atoms with van der Waals surface area (Å²) >= 11 is 0. The summed E-state index contributed by atoms with van der Waals surface area (Å²) in [5, 5.41) is 3.99. The lowest BCUT2D eigenvalue weighted by Crippen LogP contribution is -2.23. The van der Waals surface area contributed by atoms with Crippen LogP contribution in [0.25, 0.3) is 33.2 Å². The van der Waals surface area contributed by atoms with E-state index in [-0.39, 0.29) is 17.6 Å². The normalized spacial score (nSPS) is 15.6. The molecule has 1 amide bonds. The van der Waals surface area contributed by atoms with Gasteiger partial charge in [-0.2, -0.15) is 0 Å². The zero-order valence-electron chi connectivity index (χ0n) is 19.9. The van der Waals surface area contributed by atoms with Crippen LogP contribution in [0.4, 0.5) is 15.9 Å². The van der Waals surface area contributed by atoms with Gasteiger partial charge in [0, 0.05) is 30.6 Å². The number of fused-ring (bicyclic) bond motifs is 3. The number of aryl methyl sites for hydroxylation is 1. The van der Waals surface area contributed by atoms with Crippen LogP contribution in [-0.4, -0.2) is 29.0 Å². The molecule has 6 nitrogen and oxygen atoms in total. The number of benzene rings is 3. The number of anilines is 2. The highest BCUT2D eigenvalue weighted by atomic mass is 19.1. The van der Waals surface area contributed by atoms with Gasteiger partial charge in [0.1, 0.15) is 22.7 Å². The SMILES string of the molecule is Cc1nc(N2CC[C@H](CC(=O)Nc3ccc(-c4ccc(F)cc4)cc3)C2)c2oc3ccccc3c2n1. The van der Waals surface area contributed by atoms with Crippen LogP contribution in [0.3, 0.4) is 0 Å². The summed E-state index contributed by atoms with van der Waals surface area (Å²) in [6.07, 6.45) is 1.34. The van der Waals surface area contributed by atoms with Crippen molar-refractivity contribution in [3.8, 4) is 11.1 Å². The molecular formula is C29H25FN4O2. The standard InChI is InChI=1S/C29H25FN4O2/c1-18-31-27-24-4-2-3-5-25(24)36-28(27)29(32-18)34-15-14-19(17-34)16-26(35)33-23-12-8-21(9-13-23)20-6-10-22(30)11-7-20/h2-13,19H,14-17H2,1H3,(H,33,35)/t19-/m1/s1. The first-order valence-electron chi connectivity index (χ1n) is 12.1. The third-order valence-corrected chi connectivity index (χ3v) is 6.72. The fourth-order valence-electron chi connectivity index (χ4n) is 4.95. The molecule has 1 atom stereocenters. The largest absolute Gasteiger partial charge is 0.450 e. The van der Waals surface area contributed by atoms with Gasteiger partial charge in [-0.25, -0.2) is 14.4 Å². The quantitative estimate of drug-likeness (QED) is 0.318. The van der Waals surface area contributed by atoms with Gasteiger partial charge in [0.2, 0.25) is 5.91 Å². The highest BCUT2D eigenvalue weighted by Gasteiger charge is 2.28. The third kappa shape index (κ3) is 4.28. The molecule has 0 aliphatic carbocycles. The van der Waals surface area contributed by atoms with Crippen molar-refractivity contribution < 1.29 is 13.6 Å². The predicted molar refractivity (Wildman–Crippen MR) is 139 cm³/mol. The molecule has 6 rings (SSSR count). The van der Waals surface area contributed by atoms with E-state index in [2.05, 4.69) is 15.2 Å². The van der Waals surface area contributed by atoms with Crippen molar-refractivity contribution in [2.75, 3.05) is 23.3 Å². The van der Waals surface area contributed by atoms with E-state index in [9.17, 15) is 9.18 Å². The molecule has 1 aliphatic rings. The first-order chi connectivity index (χ1) is 17.5. The van der Waals surface area contributed by atoms with Crippen molar-refractivity contribution in [1.29, 1.82) is 0 Å². The smallest absolute Gasteiger partial charge is 0.224 e. The molecule has 0 unspecified atom stereocenters. The van der Waals surface area contributed by atoms with Gasteiger partial charge < -0.3 is 14.6 Å². The zero-order valence-corrected chi connectivity index (χ0v) is 19.9. The van der Waals surface area contributed by atoms with Crippen molar-refractivity contribution in [2.45, 2.75) is 19.8 Å². The van der Waals surface area contributed by atoms with Gasteiger partial charge in [0.05, 0.1) is 0 Å². The van der Waals surface area contributed by atoms with Gasteiger partial charge in [-0.1, -0.05) is 36.4 Å². The van der Waals surface area contributed by atoms with E-state index in [0.717, 1.165) is 58.6 Å². The summed E-state index contributed by atoms with van der Waals surface area (Å²) in [6, 6.07) is 21.9. The number of amides is 1. The Kier molecular flexibility index (Phi) is 5.60. The highest BCUT2D eigenvalue weighted by molar-refractivity contribution is 6.05. The Morgan fingerprint density at radius 1 is 1.03 bits per heavy atom. The molecule has 0 saturated carbocycles. The van der Waals surface area contributed by atoms with Gasteiger partial charge in [0.25, 0.3) is 0 Å². The molecule has 5 aromatic rings. The number of hydrogen-bond acceptors (Lipinski definition) is 5. The van der Waals surface area contributed by atoms with Crippen molar-refractivity contribution >= 4 is 39.5 Å². The minimum atomic E-state index is -0.259. The molecule has 0 spiro atoms. The average molecular weight is 481 g/mol. The Hall–Kier alpha value is -4.26. The first kappa shape index (κ1) is 22.2. The third-order valence-electron chi connectivity index (χ3n) is 6.72. The maximum absolute atomic E-state index is 13.2. The van der Waals surface area contributed by atoms with E-state index >= 15 is 0 Å². The minimum absolute atomic E-state index is 0.0101. The van der Waals surface area contributed by atoms with Crippen LogP contribution in [0, 0.1) is 18.7 Å². The lowest BCUT2D eigenvalue weighted by Gasteiger charge is -2.18. The molecule has 2 aromatic heterocycles. The van der Waals surface area contributed by atoms with E-state index in [0.29, 0.717) is 17.8 Å². The zero-order chi connectivity index (χ0) is 24.6. The summed E-state index contributed by atoms with van der Waals surface area (Å²) in [7, 11) is 0. The summed E-state index contributed by atoms with van der Waals surface area (Å²) in [4.78, 5) is 24.3. The summed E-state index contributed by atoms with van der Waals surface area (Å²) in [5.41, 5.74) is 4.98. The second kappa shape index (κ2) is 9.07. The van der Waals surface area contributed by atoms with Gasteiger partial charge in [-0.05, 0) is 66.8 Å². The molecular weight excluding hydrogens is 455 g/mol. The van der Waals surface area contributed by atoms with E-state index in [1.54, 1.807) is 12.1 Å². The van der Waals surface area contributed by atoms with E-state index in [1.165, 1.54) is 12.1 Å². The van der Waals surface area contributed by atoms with Crippen LogP contribution < -0.4 is 10.2 Å². The lowest BCUT2D eigenvalue weighted by molar-refractivity contribution is -0.116. The average Bonchev–Trinajstić information content (AvgIpc) is 3.49. The Morgan fingerprint density at radius 2 is 1.75 bits per heavy atom. The van der Waals surface area contributed by atoms with Crippen LogP contribution in [0.15, 0.2) is 77.2 Å². The molecule has 1 aliphatic heterocycles. The Bertz CT molecular complexity index is 1560. The number of rotatable bonds is 5. The van der Waals surface area contributed by atoms with Gasteiger partial charge >= 0.3 is 0 Å². The Balaban J connectivity index is 1.12. The number of carbonyl (C=O) groups is 1. The van der Waals surface area contributed by atoms with Crippen molar-refractivity contribution in [2.24, 2.45) is 5.92 Å². The lowest BCUT2D eigenvalue weighted by atomic mass is 10.0. The second-order valence-corrected chi connectivity index (χ2v) is 9.31. The molecule has 1 saturated heterocycles. The molecule has 0 radical (unpaired) electrons. The van der Waals surface area contributed by atoms with Gasteiger partial charge in [-0.3, -0.25) is 4.79 Å². The van der Waals surface area contributed by atoms with Crippen molar-refractivity contribution in [3.63, 3.8) is 0 Å². The van der Waals surface area contributed by atoms with Crippen molar-refractivity contribution in [1.82, 2.24) is 9.97 Å². The second-order valence-electron chi connectivity index (χ2n) is 9.31. The fraction of sp³-hybridized carbons (Fsp3) is 0.207. The van der Waals surface area contributed by atoms with Crippen LogP contribution in [0.2, 0.25) is 0 Å². The van der Waals surface area contributed by atoms with Gasteiger partial charge in [0.15, 0.2) is 11.4 Å². The minimum Gasteiger partial charge on any atom is -0.450 e. The molecule has 1 fully saturated rings. The number of nitrogens with one attached hydrogen (secondary N) is 1.